The van der Waals surface area contributed by atoms with E-state index in [9.17, 15) is 5.11 Å². The fourth-order valence-electron chi connectivity index (χ4n) is 1.99. The summed E-state index contributed by atoms with van der Waals surface area (Å²) in [5.74, 6) is 1.01. The number of fused-ring (bicyclic) bond motifs is 3. The minimum absolute atomic E-state index is 0.373. The lowest BCUT2D eigenvalue weighted by Gasteiger charge is -2.05. The number of imidazole rings is 1. The van der Waals surface area contributed by atoms with Crippen molar-refractivity contribution in [1.82, 2.24) is 9.55 Å². The largest absolute Gasteiger partial charge is 0.373 e. The molecule has 0 saturated heterocycles. The smallest absolute Gasteiger partial charge is 0.132 e. The van der Waals surface area contributed by atoms with Crippen LogP contribution >= 0.6 is 0 Å². The Morgan fingerprint density at radius 1 is 1.38 bits per heavy atom. The fraction of sp³-hybridized carbons (Fsp3) is 0.300. The molecular weight excluding hydrogens is 164 g/mol. The summed E-state index contributed by atoms with van der Waals surface area (Å²) >= 11 is 0. The lowest BCUT2D eigenvalue weighted by Crippen LogP contribution is -2.01. The van der Waals surface area contributed by atoms with Crippen molar-refractivity contribution in [3.63, 3.8) is 0 Å². The first-order valence-electron chi connectivity index (χ1n) is 4.50. The molecule has 0 spiro atoms. The first-order chi connectivity index (χ1) is 6.36. The molecule has 2 aromatic rings. The van der Waals surface area contributed by atoms with E-state index in [1.54, 1.807) is 0 Å². The van der Waals surface area contributed by atoms with E-state index < -0.39 is 0 Å². The van der Waals surface area contributed by atoms with E-state index >= 15 is 0 Å². The van der Waals surface area contributed by atoms with Crippen LogP contribution < -0.4 is 0 Å². The van der Waals surface area contributed by atoms with Gasteiger partial charge in [0.05, 0.1) is 11.0 Å². The highest BCUT2D eigenvalue weighted by atomic mass is 16.3. The number of benzene rings is 1. The molecule has 2 heterocycles. The number of aliphatic hydroxyl groups is 1. The van der Waals surface area contributed by atoms with Crippen molar-refractivity contribution in [1.29, 1.82) is 0 Å². The zero-order valence-corrected chi connectivity index (χ0v) is 7.14. The predicted molar refractivity (Wildman–Crippen MR) is 49.3 cm³/mol. The van der Waals surface area contributed by atoms with Gasteiger partial charge < -0.3 is 9.67 Å². The monoisotopic (exact) mass is 174 g/mol. The van der Waals surface area contributed by atoms with Gasteiger partial charge in [-0.1, -0.05) is 12.1 Å². The van der Waals surface area contributed by atoms with Gasteiger partial charge in [0, 0.05) is 6.42 Å². The van der Waals surface area contributed by atoms with Crippen molar-refractivity contribution in [3.8, 4) is 0 Å². The highest BCUT2D eigenvalue weighted by Crippen LogP contribution is 2.28. The topological polar surface area (TPSA) is 38.1 Å². The van der Waals surface area contributed by atoms with E-state index in [-0.39, 0.29) is 6.23 Å². The van der Waals surface area contributed by atoms with E-state index in [0.717, 1.165) is 29.7 Å². The van der Waals surface area contributed by atoms with Gasteiger partial charge in [-0.15, -0.1) is 0 Å². The minimum Gasteiger partial charge on any atom is -0.373 e. The third kappa shape index (κ3) is 0.848. The van der Waals surface area contributed by atoms with Crippen LogP contribution in [0, 0.1) is 0 Å². The van der Waals surface area contributed by atoms with E-state index in [1.165, 1.54) is 0 Å². The molecule has 0 radical (unpaired) electrons. The Kier molecular flexibility index (Phi) is 1.27. The Bertz CT molecular complexity index is 461. The average Bonchev–Trinajstić information content (AvgIpc) is 2.66. The third-order valence-electron chi connectivity index (χ3n) is 2.59. The molecule has 3 nitrogen and oxygen atoms in total. The molecule has 0 amide bonds. The molecular formula is C10H10N2O. The van der Waals surface area contributed by atoms with Crippen molar-refractivity contribution in [2.24, 2.45) is 0 Å². The normalized spacial score (nSPS) is 20.8. The maximum absolute atomic E-state index is 9.69. The minimum atomic E-state index is -0.373. The third-order valence-corrected chi connectivity index (χ3v) is 2.59. The van der Waals surface area contributed by atoms with Crippen LogP contribution in [0.5, 0.6) is 0 Å². The van der Waals surface area contributed by atoms with Crippen LogP contribution in [0.2, 0.25) is 0 Å². The summed E-state index contributed by atoms with van der Waals surface area (Å²) < 4.78 is 1.93. The van der Waals surface area contributed by atoms with Crippen molar-refractivity contribution in [2.45, 2.75) is 19.1 Å². The summed E-state index contributed by atoms with van der Waals surface area (Å²) in [4.78, 5) is 4.45. The van der Waals surface area contributed by atoms with Gasteiger partial charge in [-0.05, 0) is 18.6 Å². The average molecular weight is 174 g/mol. The van der Waals surface area contributed by atoms with Crippen LogP contribution in [-0.2, 0) is 6.42 Å². The van der Waals surface area contributed by atoms with Crippen LogP contribution in [-0.4, -0.2) is 14.7 Å². The molecule has 0 aliphatic carbocycles. The second-order valence-corrected chi connectivity index (χ2v) is 3.41. The molecule has 0 fully saturated rings. The van der Waals surface area contributed by atoms with Gasteiger partial charge in [0.15, 0.2) is 0 Å². The predicted octanol–water partition coefficient (Wildman–Crippen LogP) is 1.47. The zero-order valence-electron chi connectivity index (χ0n) is 7.14. The van der Waals surface area contributed by atoms with Gasteiger partial charge in [-0.3, -0.25) is 0 Å². The van der Waals surface area contributed by atoms with Gasteiger partial charge >= 0.3 is 0 Å². The molecule has 1 aromatic heterocycles. The molecule has 0 saturated carbocycles. The van der Waals surface area contributed by atoms with E-state index in [0.29, 0.717) is 0 Å². The van der Waals surface area contributed by atoms with Crippen molar-refractivity contribution >= 4 is 11.0 Å². The molecule has 0 bridgehead atoms. The van der Waals surface area contributed by atoms with Crippen LogP contribution in [0.4, 0.5) is 0 Å². The molecule has 3 heteroatoms. The van der Waals surface area contributed by atoms with E-state index in [4.69, 9.17) is 0 Å². The summed E-state index contributed by atoms with van der Waals surface area (Å²) in [6.45, 7) is 0. The molecule has 1 aliphatic rings. The molecule has 1 unspecified atom stereocenters. The summed E-state index contributed by atoms with van der Waals surface area (Å²) in [5.41, 5.74) is 2.03. The number of aromatic nitrogens is 2. The Balaban J connectivity index is 2.40. The molecule has 13 heavy (non-hydrogen) atoms. The first kappa shape index (κ1) is 7.09. The maximum Gasteiger partial charge on any atom is 0.132 e. The second-order valence-electron chi connectivity index (χ2n) is 3.41. The van der Waals surface area contributed by atoms with Crippen LogP contribution in [0.3, 0.4) is 0 Å². The molecule has 1 aromatic carbocycles. The number of nitrogens with zero attached hydrogens (tertiary/aromatic N) is 2. The van der Waals surface area contributed by atoms with Crippen LogP contribution in [0.1, 0.15) is 18.5 Å². The quantitative estimate of drug-likeness (QED) is 0.656. The Hall–Kier alpha value is -1.35. The number of aryl methyl sites for hydroxylation is 1. The maximum atomic E-state index is 9.69. The summed E-state index contributed by atoms with van der Waals surface area (Å²) in [6, 6.07) is 7.92. The molecule has 66 valence electrons. The van der Waals surface area contributed by atoms with Crippen LogP contribution in [0.15, 0.2) is 24.3 Å². The number of rotatable bonds is 0. The fourth-order valence-corrected chi connectivity index (χ4v) is 1.99. The van der Waals surface area contributed by atoms with Gasteiger partial charge in [0.1, 0.15) is 12.1 Å². The molecule has 1 atom stereocenters. The first-order valence-corrected chi connectivity index (χ1v) is 4.50. The van der Waals surface area contributed by atoms with Crippen LogP contribution in [0.25, 0.3) is 11.0 Å². The lowest BCUT2D eigenvalue weighted by molar-refractivity contribution is 0.117. The molecule has 1 N–H and O–H groups in total. The van der Waals surface area contributed by atoms with Gasteiger partial charge in [0.25, 0.3) is 0 Å². The molecule has 3 rings (SSSR count). The summed E-state index contributed by atoms with van der Waals surface area (Å²) in [5, 5.41) is 9.69. The van der Waals surface area contributed by atoms with Crippen molar-refractivity contribution < 1.29 is 5.11 Å². The lowest BCUT2D eigenvalue weighted by atomic mass is 10.3. The molecule has 1 aliphatic heterocycles. The van der Waals surface area contributed by atoms with Gasteiger partial charge in [-0.25, -0.2) is 4.98 Å². The number of hydrogen-bond donors (Lipinski definition) is 1. The zero-order chi connectivity index (χ0) is 8.84. The number of hydrogen-bond acceptors (Lipinski definition) is 2. The van der Waals surface area contributed by atoms with Crippen molar-refractivity contribution in [3.05, 3.63) is 30.1 Å². The highest BCUT2D eigenvalue weighted by Gasteiger charge is 2.22. The Labute approximate surface area is 75.6 Å². The summed E-state index contributed by atoms with van der Waals surface area (Å²) in [7, 11) is 0. The van der Waals surface area contributed by atoms with Gasteiger partial charge in [-0.2, -0.15) is 0 Å². The highest BCUT2D eigenvalue weighted by molar-refractivity contribution is 5.76. The van der Waals surface area contributed by atoms with E-state index in [2.05, 4.69) is 4.98 Å². The SMILES string of the molecule is OC1CCc2nc3ccccc3n21. The van der Waals surface area contributed by atoms with Crippen molar-refractivity contribution in [2.75, 3.05) is 0 Å². The standard InChI is InChI=1S/C10H10N2O/c13-10-6-5-9-11-7-3-1-2-4-8(7)12(9)10/h1-4,10,13H,5-6H2. The summed E-state index contributed by atoms with van der Waals surface area (Å²) in [6.07, 6.45) is 1.31. The Morgan fingerprint density at radius 2 is 2.23 bits per heavy atom. The second kappa shape index (κ2) is 2.33. The Morgan fingerprint density at radius 3 is 3.15 bits per heavy atom. The van der Waals surface area contributed by atoms with E-state index in [1.807, 2.05) is 28.8 Å². The number of para-hydroxylation sites is 2. The number of aliphatic hydroxyl groups excluding tert-OH is 1. The van der Waals surface area contributed by atoms with Gasteiger partial charge in [0.2, 0.25) is 0 Å².